The molecule has 20 heavy (non-hydrogen) atoms. The van der Waals surface area contributed by atoms with Crippen LogP contribution in [-0.2, 0) is 13.0 Å². The van der Waals surface area contributed by atoms with Crippen molar-refractivity contribution in [3.63, 3.8) is 0 Å². The molecule has 0 saturated heterocycles. The summed E-state index contributed by atoms with van der Waals surface area (Å²) in [6.45, 7) is 1.73. The second kappa shape index (κ2) is 6.02. The Morgan fingerprint density at radius 3 is 2.80 bits per heavy atom. The molecule has 0 N–H and O–H groups in total. The molecule has 0 fully saturated rings. The topological polar surface area (TPSA) is 16.1 Å². The van der Waals surface area contributed by atoms with Crippen LogP contribution in [0.25, 0.3) is 0 Å². The number of benzene rings is 1. The van der Waals surface area contributed by atoms with Crippen LogP contribution < -0.4 is 4.90 Å². The van der Waals surface area contributed by atoms with Gasteiger partial charge in [-0.25, -0.2) is 4.98 Å². The molecule has 104 valence electrons. The summed E-state index contributed by atoms with van der Waals surface area (Å²) in [5, 5.41) is 1.17. The molecule has 1 aliphatic heterocycles. The van der Waals surface area contributed by atoms with Crippen LogP contribution in [0.4, 0.5) is 5.69 Å². The Bertz CT molecular complexity index is 613. The van der Waals surface area contributed by atoms with Crippen LogP contribution in [0.3, 0.4) is 0 Å². The average molecular weight is 307 g/mol. The first-order valence-electron chi connectivity index (χ1n) is 6.88. The number of hydrogen-bond donors (Lipinski definition) is 0. The molecule has 1 aliphatic rings. The molecular weight excluding hydrogens is 291 g/mol. The van der Waals surface area contributed by atoms with Crippen molar-refractivity contribution in [1.82, 2.24) is 4.98 Å². The van der Waals surface area contributed by atoms with Crippen LogP contribution in [0.1, 0.15) is 24.1 Å². The second-order valence-electron chi connectivity index (χ2n) is 5.07. The van der Waals surface area contributed by atoms with E-state index < -0.39 is 0 Å². The molecule has 0 saturated carbocycles. The number of pyridine rings is 1. The van der Waals surface area contributed by atoms with Crippen LogP contribution in [0.15, 0.2) is 36.4 Å². The maximum atomic E-state index is 6.24. The highest BCUT2D eigenvalue weighted by molar-refractivity contribution is 6.32. The normalized spacial score (nSPS) is 14.8. The largest absolute Gasteiger partial charge is 0.365 e. The van der Waals surface area contributed by atoms with E-state index in [0.29, 0.717) is 16.7 Å². The van der Waals surface area contributed by atoms with Crippen molar-refractivity contribution in [3.8, 4) is 0 Å². The van der Waals surface area contributed by atoms with Crippen molar-refractivity contribution in [2.45, 2.75) is 25.8 Å². The SMILES string of the molecule is Clc1ccc(Cl)c(CN2CCCCc3ccccc32)n1. The number of aryl methyl sites for hydroxylation is 1. The molecule has 0 atom stereocenters. The minimum Gasteiger partial charge on any atom is -0.365 e. The average Bonchev–Trinajstić information content (AvgIpc) is 2.66. The summed E-state index contributed by atoms with van der Waals surface area (Å²) in [6, 6.07) is 12.1. The molecule has 3 rings (SSSR count). The quantitative estimate of drug-likeness (QED) is 0.746. The van der Waals surface area contributed by atoms with Crippen molar-refractivity contribution >= 4 is 28.9 Å². The van der Waals surface area contributed by atoms with Crippen molar-refractivity contribution in [3.05, 3.63) is 57.8 Å². The standard InChI is InChI=1S/C16H16Cl2N2/c17-13-8-9-16(18)19-14(13)11-20-10-4-3-6-12-5-1-2-7-15(12)20/h1-2,5,7-9H,3-4,6,10-11H2. The second-order valence-corrected chi connectivity index (χ2v) is 5.86. The van der Waals surface area contributed by atoms with Crippen molar-refractivity contribution in [1.29, 1.82) is 0 Å². The van der Waals surface area contributed by atoms with E-state index in [4.69, 9.17) is 23.2 Å². The van der Waals surface area contributed by atoms with Gasteiger partial charge in [0.15, 0.2) is 0 Å². The molecule has 1 aromatic heterocycles. The number of hydrogen-bond acceptors (Lipinski definition) is 2. The third-order valence-corrected chi connectivity index (χ3v) is 4.24. The number of fused-ring (bicyclic) bond motifs is 1. The fourth-order valence-corrected chi connectivity index (χ4v) is 3.01. The van der Waals surface area contributed by atoms with E-state index in [1.807, 2.05) is 6.07 Å². The fraction of sp³-hybridized carbons (Fsp3) is 0.312. The first-order valence-corrected chi connectivity index (χ1v) is 7.63. The van der Waals surface area contributed by atoms with E-state index in [1.54, 1.807) is 6.07 Å². The molecule has 0 bridgehead atoms. The Kier molecular flexibility index (Phi) is 4.13. The highest BCUT2D eigenvalue weighted by atomic mass is 35.5. The third-order valence-electron chi connectivity index (χ3n) is 3.68. The summed E-state index contributed by atoms with van der Waals surface area (Å²) in [6.07, 6.45) is 3.56. The summed E-state index contributed by atoms with van der Waals surface area (Å²) >= 11 is 12.2. The van der Waals surface area contributed by atoms with E-state index in [9.17, 15) is 0 Å². The Morgan fingerprint density at radius 1 is 1.05 bits per heavy atom. The van der Waals surface area contributed by atoms with Crippen molar-refractivity contribution in [2.24, 2.45) is 0 Å². The van der Waals surface area contributed by atoms with Gasteiger partial charge < -0.3 is 4.90 Å². The number of aromatic nitrogens is 1. The molecule has 0 aliphatic carbocycles. The highest BCUT2D eigenvalue weighted by Crippen LogP contribution is 2.28. The van der Waals surface area contributed by atoms with Crippen LogP contribution >= 0.6 is 23.2 Å². The number of para-hydroxylation sites is 1. The lowest BCUT2D eigenvalue weighted by Crippen LogP contribution is -2.24. The molecule has 1 aromatic carbocycles. The minimum atomic E-state index is 0.493. The van der Waals surface area contributed by atoms with E-state index in [1.165, 1.54) is 24.1 Å². The van der Waals surface area contributed by atoms with E-state index in [-0.39, 0.29) is 0 Å². The number of halogens is 2. The predicted octanol–water partition coefficient (Wildman–Crippen LogP) is 4.73. The molecule has 0 spiro atoms. The van der Waals surface area contributed by atoms with Crippen LogP contribution in [-0.4, -0.2) is 11.5 Å². The molecule has 2 aromatic rings. The Morgan fingerprint density at radius 2 is 1.90 bits per heavy atom. The smallest absolute Gasteiger partial charge is 0.129 e. The van der Waals surface area contributed by atoms with E-state index in [2.05, 4.69) is 34.1 Å². The van der Waals surface area contributed by atoms with Gasteiger partial charge in [0.25, 0.3) is 0 Å². The lowest BCUT2D eigenvalue weighted by molar-refractivity contribution is 0.708. The minimum absolute atomic E-state index is 0.493. The predicted molar refractivity (Wildman–Crippen MR) is 84.7 cm³/mol. The maximum absolute atomic E-state index is 6.24. The zero-order valence-corrected chi connectivity index (χ0v) is 12.7. The van der Waals surface area contributed by atoms with Crippen molar-refractivity contribution < 1.29 is 0 Å². The van der Waals surface area contributed by atoms with Gasteiger partial charge in [0.2, 0.25) is 0 Å². The van der Waals surface area contributed by atoms with Crippen LogP contribution in [0.5, 0.6) is 0 Å². The van der Waals surface area contributed by atoms with Crippen molar-refractivity contribution in [2.75, 3.05) is 11.4 Å². The zero-order valence-electron chi connectivity index (χ0n) is 11.1. The van der Waals surface area contributed by atoms with Gasteiger partial charge in [-0.15, -0.1) is 0 Å². The first kappa shape index (κ1) is 13.7. The summed E-state index contributed by atoms with van der Waals surface area (Å²) in [7, 11) is 0. The Labute approximate surface area is 129 Å². The molecular formula is C16H16Cl2N2. The van der Waals surface area contributed by atoms with Gasteiger partial charge in [-0.3, -0.25) is 0 Å². The van der Waals surface area contributed by atoms with Crippen LogP contribution in [0, 0.1) is 0 Å². The molecule has 0 amide bonds. The molecule has 4 heteroatoms. The van der Waals surface area contributed by atoms with Gasteiger partial charge in [0, 0.05) is 12.2 Å². The third kappa shape index (κ3) is 2.92. The fourth-order valence-electron chi connectivity index (χ4n) is 2.68. The van der Waals surface area contributed by atoms with Gasteiger partial charge in [-0.2, -0.15) is 0 Å². The molecule has 0 radical (unpaired) electrons. The van der Waals surface area contributed by atoms with Gasteiger partial charge >= 0.3 is 0 Å². The highest BCUT2D eigenvalue weighted by Gasteiger charge is 2.16. The molecule has 2 heterocycles. The lowest BCUT2D eigenvalue weighted by atomic mass is 10.1. The number of nitrogens with zero attached hydrogens (tertiary/aromatic N) is 2. The molecule has 0 unspecified atom stereocenters. The summed E-state index contributed by atoms with van der Waals surface area (Å²) < 4.78 is 0. The summed E-state index contributed by atoms with van der Waals surface area (Å²) in [4.78, 5) is 6.72. The van der Waals surface area contributed by atoms with Gasteiger partial charge in [-0.05, 0) is 43.0 Å². The Hall–Kier alpha value is -1.25. The van der Waals surface area contributed by atoms with E-state index in [0.717, 1.165) is 18.7 Å². The van der Waals surface area contributed by atoms with Gasteiger partial charge in [-0.1, -0.05) is 41.4 Å². The van der Waals surface area contributed by atoms with Gasteiger partial charge in [0.1, 0.15) is 5.15 Å². The first-order chi connectivity index (χ1) is 9.74. The van der Waals surface area contributed by atoms with E-state index >= 15 is 0 Å². The number of anilines is 1. The lowest BCUT2D eigenvalue weighted by Gasteiger charge is -2.25. The Balaban J connectivity index is 1.92. The van der Waals surface area contributed by atoms with Crippen LogP contribution in [0.2, 0.25) is 10.2 Å². The summed E-state index contributed by atoms with van der Waals surface area (Å²) in [5.41, 5.74) is 3.54. The van der Waals surface area contributed by atoms with Gasteiger partial charge in [0.05, 0.1) is 17.3 Å². The number of rotatable bonds is 2. The molecule has 2 nitrogen and oxygen atoms in total. The monoisotopic (exact) mass is 306 g/mol. The zero-order chi connectivity index (χ0) is 13.9. The maximum Gasteiger partial charge on any atom is 0.129 e. The summed E-state index contributed by atoms with van der Waals surface area (Å²) in [5.74, 6) is 0.